The van der Waals surface area contributed by atoms with Gasteiger partial charge in [0.05, 0.1) is 11.1 Å². The minimum Gasteiger partial charge on any atom is -0.457 e. The van der Waals surface area contributed by atoms with Crippen LogP contribution in [0.15, 0.2) is 212 Å². The van der Waals surface area contributed by atoms with E-state index in [1.807, 2.05) is 0 Å². The highest BCUT2D eigenvalue weighted by molar-refractivity contribution is 5.95. The summed E-state index contributed by atoms with van der Waals surface area (Å²) in [4.78, 5) is 2.44. The molecule has 2 heteroatoms. The van der Waals surface area contributed by atoms with Gasteiger partial charge in [0.2, 0.25) is 0 Å². The lowest BCUT2D eigenvalue weighted by atomic mass is 9.66. The second-order valence-electron chi connectivity index (χ2n) is 14.5. The van der Waals surface area contributed by atoms with E-state index in [4.69, 9.17) is 4.74 Å². The SMILES string of the molecule is c1ccc(-c2ccc3c(c2)Oc2ccccc2C32c3ccccc3-c3ccc(N(c4ccc5ccccc5c4)c4ccccc4-c4ccccc4)cc32)cc1. The summed E-state index contributed by atoms with van der Waals surface area (Å²) >= 11 is 0. The third-order valence-electron chi connectivity index (χ3n) is 11.5. The quantitative estimate of drug-likeness (QED) is 0.177. The average molecular weight is 702 g/mol. The fraction of sp³-hybridized carbons (Fsp3) is 0.0189. The Kier molecular flexibility index (Phi) is 7.11. The van der Waals surface area contributed by atoms with Crippen molar-refractivity contribution in [1.82, 2.24) is 0 Å². The molecule has 1 heterocycles. The molecule has 9 aromatic rings. The first kappa shape index (κ1) is 31.4. The molecule has 0 radical (unpaired) electrons. The maximum atomic E-state index is 6.87. The summed E-state index contributed by atoms with van der Waals surface area (Å²) in [6.07, 6.45) is 0. The molecule has 55 heavy (non-hydrogen) atoms. The molecule has 258 valence electrons. The first-order valence-corrected chi connectivity index (χ1v) is 18.9. The molecule has 1 aliphatic carbocycles. The molecule has 1 unspecified atom stereocenters. The lowest BCUT2D eigenvalue weighted by Crippen LogP contribution is -2.32. The number of fused-ring (bicyclic) bond motifs is 10. The predicted octanol–water partition coefficient (Wildman–Crippen LogP) is 14.1. The fourth-order valence-electron chi connectivity index (χ4n) is 9.12. The van der Waals surface area contributed by atoms with Crippen molar-refractivity contribution in [3.8, 4) is 44.9 Å². The standard InChI is InChI=1S/C53H35NO/c1-3-15-36(16-4-1)40-28-32-48-52(34-40)55-51-26-14-12-24-47(51)53(48)46-23-11-9-22-44(46)45-31-30-42(35-49(45)53)54(41-29-27-37-17-7-8-20-39(37)33-41)50-25-13-10-21-43(50)38-18-5-2-6-19-38/h1-35H. The van der Waals surface area contributed by atoms with E-state index in [1.54, 1.807) is 0 Å². The van der Waals surface area contributed by atoms with Crippen molar-refractivity contribution in [3.05, 3.63) is 235 Å². The summed E-state index contributed by atoms with van der Waals surface area (Å²) in [5.74, 6) is 1.77. The average Bonchev–Trinajstić information content (AvgIpc) is 3.54. The summed E-state index contributed by atoms with van der Waals surface area (Å²) in [6, 6.07) is 76.9. The molecule has 2 nitrogen and oxygen atoms in total. The number of rotatable bonds is 5. The van der Waals surface area contributed by atoms with Crippen LogP contribution in [0.25, 0.3) is 44.2 Å². The van der Waals surface area contributed by atoms with E-state index in [0.717, 1.165) is 45.3 Å². The van der Waals surface area contributed by atoms with Crippen LogP contribution in [0.2, 0.25) is 0 Å². The fourth-order valence-corrected chi connectivity index (χ4v) is 9.12. The zero-order chi connectivity index (χ0) is 36.3. The van der Waals surface area contributed by atoms with Crippen LogP contribution in [0.4, 0.5) is 17.1 Å². The molecular weight excluding hydrogens is 667 g/mol. The van der Waals surface area contributed by atoms with Crippen LogP contribution < -0.4 is 9.64 Å². The molecule has 0 aromatic heterocycles. The van der Waals surface area contributed by atoms with Gasteiger partial charge in [-0.15, -0.1) is 0 Å². The van der Waals surface area contributed by atoms with Crippen molar-refractivity contribution < 1.29 is 4.74 Å². The van der Waals surface area contributed by atoms with E-state index in [2.05, 4.69) is 217 Å². The number of ether oxygens (including phenoxy) is 1. The van der Waals surface area contributed by atoms with E-state index in [0.29, 0.717) is 0 Å². The van der Waals surface area contributed by atoms with Crippen molar-refractivity contribution in [2.45, 2.75) is 5.41 Å². The Morgan fingerprint density at radius 3 is 1.76 bits per heavy atom. The number of hydrogen-bond donors (Lipinski definition) is 0. The van der Waals surface area contributed by atoms with Crippen molar-refractivity contribution >= 4 is 27.8 Å². The van der Waals surface area contributed by atoms with E-state index in [1.165, 1.54) is 49.7 Å². The lowest BCUT2D eigenvalue weighted by Gasteiger charge is -2.40. The maximum Gasteiger partial charge on any atom is 0.132 e. The summed E-state index contributed by atoms with van der Waals surface area (Å²) in [5, 5.41) is 2.42. The molecule has 1 spiro atoms. The minimum atomic E-state index is -0.602. The van der Waals surface area contributed by atoms with Gasteiger partial charge >= 0.3 is 0 Å². The molecule has 0 N–H and O–H groups in total. The number of nitrogens with zero attached hydrogens (tertiary/aromatic N) is 1. The van der Waals surface area contributed by atoms with Gasteiger partial charge in [0.1, 0.15) is 11.5 Å². The molecule has 1 aliphatic heterocycles. The predicted molar refractivity (Wildman–Crippen MR) is 227 cm³/mol. The summed E-state index contributed by atoms with van der Waals surface area (Å²) < 4.78 is 6.87. The molecule has 0 saturated carbocycles. The van der Waals surface area contributed by atoms with Gasteiger partial charge in [-0.25, -0.2) is 0 Å². The van der Waals surface area contributed by atoms with E-state index in [-0.39, 0.29) is 0 Å². The highest BCUT2D eigenvalue weighted by Gasteiger charge is 2.51. The summed E-state index contributed by atoms with van der Waals surface area (Å²) in [7, 11) is 0. The third-order valence-corrected chi connectivity index (χ3v) is 11.5. The number of hydrogen-bond acceptors (Lipinski definition) is 2. The largest absolute Gasteiger partial charge is 0.457 e. The summed E-state index contributed by atoms with van der Waals surface area (Å²) in [5.41, 5.74) is 14.7. The smallest absolute Gasteiger partial charge is 0.132 e. The first-order chi connectivity index (χ1) is 27.3. The molecular formula is C53H35NO. The topological polar surface area (TPSA) is 12.5 Å². The van der Waals surface area contributed by atoms with Gasteiger partial charge in [0, 0.05) is 28.1 Å². The Balaban J connectivity index is 1.20. The van der Waals surface area contributed by atoms with Crippen molar-refractivity contribution in [1.29, 1.82) is 0 Å². The third kappa shape index (κ3) is 4.82. The zero-order valence-corrected chi connectivity index (χ0v) is 30.1. The van der Waals surface area contributed by atoms with Crippen molar-refractivity contribution in [2.75, 3.05) is 4.90 Å². The normalized spacial score (nSPS) is 14.8. The molecule has 0 fully saturated rings. The van der Waals surface area contributed by atoms with Crippen LogP contribution in [0.1, 0.15) is 22.3 Å². The van der Waals surface area contributed by atoms with Gasteiger partial charge < -0.3 is 9.64 Å². The second-order valence-corrected chi connectivity index (χ2v) is 14.5. The van der Waals surface area contributed by atoms with Crippen LogP contribution in [0, 0.1) is 0 Å². The highest BCUT2D eigenvalue weighted by atomic mass is 16.5. The lowest BCUT2D eigenvalue weighted by molar-refractivity contribution is 0.436. The van der Waals surface area contributed by atoms with Crippen LogP contribution >= 0.6 is 0 Å². The number of para-hydroxylation sites is 2. The van der Waals surface area contributed by atoms with E-state index in [9.17, 15) is 0 Å². The molecule has 0 bridgehead atoms. The Morgan fingerprint density at radius 1 is 0.327 bits per heavy atom. The van der Waals surface area contributed by atoms with Gasteiger partial charge in [-0.05, 0) is 92.2 Å². The van der Waals surface area contributed by atoms with Gasteiger partial charge in [-0.2, -0.15) is 0 Å². The molecule has 11 rings (SSSR count). The van der Waals surface area contributed by atoms with Crippen molar-refractivity contribution in [3.63, 3.8) is 0 Å². The van der Waals surface area contributed by atoms with E-state index >= 15 is 0 Å². The Labute approximate surface area is 321 Å². The minimum absolute atomic E-state index is 0.602. The summed E-state index contributed by atoms with van der Waals surface area (Å²) in [6.45, 7) is 0. The van der Waals surface area contributed by atoms with Crippen molar-refractivity contribution in [2.24, 2.45) is 0 Å². The molecule has 1 atom stereocenters. The van der Waals surface area contributed by atoms with Gasteiger partial charge in [0.25, 0.3) is 0 Å². The van der Waals surface area contributed by atoms with Gasteiger partial charge in [-0.1, -0.05) is 170 Å². The zero-order valence-electron chi connectivity index (χ0n) is 30.1. The Hall–Kier alpha value is -7.16. The molecule has 9 aromatic carbocycles. The van der Waals surface area contributed by atoms with Crippen LogP contribution in [0.3, 0.4) is 0 Å². The molecule has 0 amide bonds. The van der Waals surface area contributed by atoms with Crippen LogP contribution in [0.5, 0.6) is 11.5 Å². The highest BCUT2D eigenvalue weighted by Crippen LogP contribution is 2.63. The Morgan fingerprint density at radius 2 is 0.927 bits per heavy atom. The molecule has 0 saturated heterocycles. The monoisotopic (exact) mass is 701 g/mol. The van der Waals surface area contributed by atoms with Crippen LogP contribution in [-0.2, 0) is 5.41 Å². The molecule has 2 aliphatic rings. The van der Waals surface area contributed by atoms with Crippen LogP contribution in [-0.4, -0.2) is 0 Å². The van der Waals surface area contributed by atoms with Gasteiger partial charge in [0.15, 0.2) is 0 Å². The second kappa shape index (κ2) is 12.5. The van der Waals surface area contributed by atoms with E-state index < -0.39 is 5.41 Å². The van der Waals surface area contributed by atoms with Gasteiger partial charge in [-0.3, -0.25) is 0 Å². The first-order valence-electron chi connectivity index (χ1n) is 18.9. The number of benzene rings is 9. The maximum absolute atomic E-state index is 6.87. The number of anilines is 3. The Bertz CT molecular complexity index is 2910.